The smallest absolute Gasteiger partial charge is 0.333 e. The molecule has 0 aromatic rings. The molecule has 0 aromatic carbocycles. The Labute approximate surface area is 104 Å². The van der Waals surface area contributed by atoms with Crippen molar-refractivity contribution in [3.63, 3.8) is 0 Å². The summed E-state index contributed by atoms with van der Waals surface area (Å²) < 4.78 is 4.81. The number of hydrogen-bond donors (Lipinski definition) is 2. The highest BCUT2D eigenvalue weighted by atomic mass is 16.5. The Morgan fingerprint density at radius 3 is 1.88 bits per heavy atom. The molecule has 0 heterocycles. The number of carboxylic acid groups (broad SMARTS) is 1. The van der Waals surface area contributed by atoms with E-state index in [9.17, 15) is 4.79 Å². The fraction of sp³-hybridized carbons (Fsp3) is 0.667. The van der Waals surface area contributed by atoms with Crippen LogP contribution < -0.4 is 5.32 Å². The summed E-state index contributed by atoms with van der Waals surface area (Å²) in [6.07, 6.45) is 1.97. The summed E-state index contributed by atoms with van der Waals surface area (Å²) in [5.74, 6) is -1.12. The van der Waals surface area contributed by atoms with Gasteiger partial charge in [-0.3, -0.25) is 4.79 Å². The normalized spacial score (nSPS) is 7.82. The monoisotopic (exact) mass is 247 g/mol. The molecule has 0 radical (unpaired) electrons. The number of hydrogen-bond acceptors (Lipinski definition) is 4. The maximum atomic E-state index is 10.7. The van der Waals surface area contributed by atoms with Crippen LogP contribution in [0.2, 0.25) is 0 Å². The molecular formula is C12H25NO4. The average Bonchev–Trinajstić information content (AvgIpc) is 2.18. The van der Waals surface area contributed by atoms with Crippen LogP contribution in [0.1, 0.15) is 33.6 Å². The van der Waals surface area contributed by atoms with E-state index in [1.54, 1.807) is 6.92 Å². The summed E-state index contributed by atoms with van der Waals surface area (Å²) in [6.45, 7) is 8.76. The van der Waals surface area contributed by atoms with Crippen molar-refractivity contribution in [2.24, 2.45) is 0 Å². The van der Waals surface area contributed by atoms with E-state index in [0.717, 1.165) is 19.8 Å². The molecule has 0 aliphatic carbocycles. The second-order valence-corrected chi connectivity index (χ2v) is 3.29. The first-order chi connectivity index (χ1) is 7.83. The van der Waals surface area contributed by atoms with Crippen molar-refractivity contribution in [2.45, 2.75) is 33.6 Å². The molecule has 0 amide bonds. The molecule has 0 unspecified atom stereocenters. The number of nitrogens with one attached hydrogen (secondary N) is 1. The minimum absolute atomic E-state index is 0.284. The van der Waals surface area contributed by atoms with Crippen molar-refractivity contribution in [3.8, 4) is 0 Å². The zero-order chi connectivity index (χ0) is 14.3. The van der Waals surface area contributed by atoms with Crippen molar-refractivity contribution in [2.75, 3.05) is 20.7 Å². The van der Waals surface area contributed by atoms with E-state index in [0.29, 0.717) is 12.2 Å². The Balaban J connectivity index is -0.000000232. The molecule has 0 fully saturated rings. The SMILES string of the molecule is C=C(C)C(=O)OCCCC.CC(=O)O.CNC. The van der Waals surface area contributed by atoms with E-state index in [-0.39, 0.29) is 5.97 Å². The molecule has 0 atom stereocenters. The molecule has 0 bridgehead atoms. The molecule has 5 nitrogen and oxygen atoms in total. The summed E-state index contributed by atoms with van der Waals surface area (Å²) >= 11 is 0. The second kappa shape index (κ2) is 17.0. The Morgan fingerprint density at radius 2 is 1.65 bits per heavy atom. The van der Waals surface area contributed by atoms with E-state index in [4.69, 9.17) is 14.6 Å². The van der Waals surface area contributed by atoms with Gasteiger partial charge in [0, 0.05) is 12.5 Å². The number of carbonyl (C=O) groups excluding carboxylic acids is 1. The third-order valence-corrected chi connectivity index (χ3v) is 1.08. The lowest BCUT2D eigenvalue weighted by Gasteiger charge is -2.01. The summed E-state index contributed by atoms with van der Waals surface area (Å²) in [6, 6.07) is 0. The van der Waals surface area contributed by atoms with Crippen molar-refractivity contribution in [1.29, 1.82) is 0 Å². The molecule has 0 aliphatic heterocycles. The van der Waals surface area contributed by atoms with Crippen molar-refractivity contribution >= 4 is 11.9 Å². The van der Waals surface area contributed by atoms with Gasteiger partial charge < -0.3 is 15.2 Å². The third-order valence-electron chi connectivity index (χ3n) is 1.08. The van der Waals surface area contributed by atoms with Crippen LogP contribution in [0.15, 0.2) is 12.2 Å². The minimum atomic E-state index is -0.833. The first kappa shape index (κ1) is 21.0. The lowest BCUT2D eigenvalue weighted by atomic mass is 10.3. The summed E-state index contributed by atoms with van der Waals surface area (Å²) in [7, 11) is 3.75. The number of ether oxygens (including phenoxy) is 1. The third kappa shape index (κ3) is 40.1. The molecule has 0 spiro atoms. The van der Waals surface area contributed by atoms with E-state index >= 15 is 0 Å². The van der Waals surface area contributed by atoms with Crippen LogP contribution in [0.4, 0.5) is 0 Å². The zero-order valence-electron chi connectivity index (χ0n) is 11.5. The molecule has 0 rings (SSSR count). The fourth-order valence-electron chi connectivity index (χ4n) is 0.432. The van der Waals surface area contributed by atoms with Gasteiger partial charge in [0.15, 0.2) is 0 Å². The van der Waals surface area contributed by atoms with Gasteiger partial charge in [-0.2, -0.15) is 0 Å². The molecule has 5 heteroatoms. The number of carboxylic acids is 1. The maximum Gasteiger partial charge on any atom is 0.333 e. The van der Waals surface area contributed by atoms with Gasteiger partial charge in [-0.05, 0) is 27.4 Å². The number of carbonyl (C=O) groups is 2. The average molecular weight is 247 g/mol. The van der Waals surface area contributed by atoms with Crippen LogP contribution in [-0.4, -0.2) is 37.7 Å². The summed E-state index contributed by atoms with van der Waals surface area (Å²) in [5.41, 5.74) is 0.469. The van der Waals surface area contributed by atoms with Crippen LogP contribution in [0.25, 0.3) is 0 Å². The lowest BCUT2D eigenvalue weighted by molar-refractivity contribution is -0.139. The van der Waals surface area contributed by atoms with Crippen molar-refractivity contribution in [1.82, 2.24) is 5.32 Å². The van der Waals surface area contributed by atoms with Gasteiger partial charge in [-0.25, -0.2) is 4.79 Å². The fourth-order valence-corrected chi connectivity index (χ4v) is 0.432. The van der Waals surface area contributed by atoms with E-state index in [1.165, 1.54) is 0 Å². The predicted molar refractivity (Wildman–Crippen MR) is 69.0 cm³/mol. The topological polar surface area (TPSA) is 75.6 Å². The Hall–Kier alpha value is -1.36. The molecule has 0 aromatic heterocycles. The van der Waals surface area contributed by atoms with Crippen LogP contribution in [0, 0.1) is 0 Å². The molecule has 17 heavy (non-hydrogen) atoms. The van der Waals surface area contributed by atoms with Gasteiger partial charge in [0.1, 0.15) is 0 Å². The molecule has 0 saturated heterocycles. The van der Waals surface area contributed by atoms with E-state index in [1.807, 2.05) is 14.1 Å². The van der Waals surface area contributed by atoms with Crippen LogP contribution >= 0.6 is 0 Å². The predicted octanol–water partition coefficient (Wildman–Crippen LogP) is 1.83. The summed E-state index contributed by atoms with van der Waals surface area (Å²) in [5, 5.41) is 10.2. The molecule has 0 aliphatic rings. The first-order valence-corrected chi connectivity index (χ1v) is 5.44. The number of aliphatic carboxylic acids is 1. The quantitative estimate of drug-likeness (QED) is 0.450. The second-order valence-electron chi connectivity index (χ2n) is 3.29. The van der Waals surface area contributed by atoms with Crippen LogP contribution in [0.3, 0.4) is 0 Å². The Kier molecular flexibility index (Phi) is 21.0. The number of esters is 1. The summed E-state index contributed by atoms with van der Waals surface area (Å²) in [4.78, 5) is 19.7. The standard InChI is InChI=1S/C8H14O2.C2H7N.C2H4O2/c1-4-5-6-10-8(9)7(2)3;1-3-2;1-2(3)4/h2,4-6H2,1,3H3;3H,1-2H3;1H3,(H,3,4). The largest absolute Gasteiger partial charge is 0.481 e. The minimum Gasteiger partial charge on any atom is -0.481 e. The molecular weight excluding hydrogens is 222 g/mol. The highest BCUT2D eigenvalue weighted by Crippen LogP contribution is 1.94. The van der Waals surface area contributed by atoms with Crippen molar-refractivity contribution < 1.29 is 19.4 Å². The van der Waals surface area contributed by atoms with Gasteiger partial charge in [0.25, 0.3) is 5.97 Å². The van der Waals surface area contributed by atoms with Crippen molar-refractivity contribution in [3.05, 3.63) is 12.2 Å². The first-order valence-electron chi connectivity index (χ1n) is 5.44. The highest BCUT2D eigenvalue weighted by Gasteiger charge is 2.00. The van der Waals surface area contributed by atoms with Gasteiger partial charge in [-0.1, -0.05) is 19.9 Å². The van der Waals surface area contributed by atoms with Gasteiger partial charge in [0.2, 0.25) is 0 Å². The molecule has 0 saturated carbocycles. The maximum absolute atomic E-state index is 10.7. The van der Waals surface area contributed by atoms with Gasteiger partial charge in [-0.15, -0.1) is 0 Å². The number of rotatable bonds is 4. The Morgan fingerprint density at radius 1 is 1.29 bits per heavy atom. The van der Waals surface area contributed by atoms with Crippen LogP contribution in [-0.2, 0) is 14.3 Å². The van der Waals surface area contributed by atoms with Crippen LogP contribution in [0.5, 0.6) is 0 Å². The number of unbranched alkanes of at least 4 members (excludes halogenated alkanes) is 1. The van der Waals surface area contributed by atoms with Gasteiger partial charge in [0.05, 0.1) is 6.61 Å². The lowest BCUT2D eigenvalue weighted by Crippen LogP contribution is -2.05. The zero-order valence-corrected chi connectivity index (χ0v) is 11.5. The van der Waals surface area contributed by atoms with E-state index < -0.39 is 5.97 Å². The Bertz CT molecular complexity index is 211. The highest BCUT2D eigenvalue weighted by molar-refractivity contribution is 5.86. The molecule has 2 N–H and O–H groups in total. The van der Waals surface area contributed by atoms with Gasteiger partial charge >= 0.3 is 5.97 Å². The molecule has 102 valence electrons. The van der Waals surface area contributed by atoms with E-state index in [2.05, 4.69) is 18.8 Å².